The van der Waals surface area contributed by atoms with E-state index in [1.54, 1.807) is 7.11 Å². The molecule has 27 heavy (non-hydrogen) atoms. The lowest BCUT2D eigenvalue weighted by atomic mass is 10.0. The van der Waals surface area contributed by atoms with Crippen LogP contribution in [0.5, 0.6) is 5.75 Å². The van der Waals surface area contributed by atoms with E-state index in [-0.39, 0.29) is 5.91 Å². The Morgan fingerprint density at radius 2 is 1.89 bits per heavy atom. The van der Waals surface area contributed by atoms with Crippen LogP contribution in [-0.4, -0.2) is 23.9 Å². The van der Waals surface area contributed by atoms with E-state index in [9.17, 15) is 4.79 Å². The number of hydrogen-bond acceptors (Lipinski definition) is 4. The fourth-order valence-electron chi connectivity index (χ4n) is 3.20. The minimum absolute atomic E-state index is 0.180. The Labute approximate surface area is 170 Å². The number of methoxy groups -OCH3 is 1. The van der Waals surface area contributed by atoms with E-state index in [1.807, 2.05) is 60.7 Å². The highest BCUT2D eigenvalue weighted by atomic mass is 127. The molecule has 136 valence electrons. The topological polar surface area (TPSA) is 51.1 Å². The van der Waals surface area contributed by atoms with E-state index in [2.05, 4.69) is 27.7 Å². The van der Waals surface area contributed by atoms with Gasteiger partial charge < -0.3 is 9.47 Å². The monoisotopic (exact) mass is 472 g/mol. The molecule has 0 bridgehead atoms. The average molecular weight is 472 g/mol. The first-order chi connectivity index (χ1) is 13.1. The second-order valence-electron chi connectivity index (χ2n) is 6.15. The maximum absolute atomic E-state index is 12.2. The standard InChI is InChI=1S/C21H17IN2O3/c1-13(25)24-21(27-20(23-24)14-6-5-7-15(22)12-14)18-10-11-19(26-2)17-9-4-3-8-16(17)18/h3-12,21H,1-2H3/t21-/m0/s1. The normalized spacial score (nSPS) is 16.2. The second-order valence-corrected chi connectivity index (χ2v) is 7.40. The highest BCUT2D eigenvalue weighted by Crippen LogP contribution is 2.37. The van der Waals surface area contributed by atoms with Crippen LogP contribution in [-0.2, 0) is 9.53 Å². The molecule has 1 aliphatic heterocycles. The smallest absolute Gasteiger partial charge is 0.243 e. The molecule has 1 aliphatic rings. The summed E-state index contributed by atoms with van der Waals surface area (Å²) in [5.41, 5.74) is 1.71. The Kier molecular flexibility index (Phi) is 4.73. The zero-order valence-corrected chi connectivity index (χ0v) is 17.0. The summed E-state index contributed by atoms with van der Waals surface area (Å²) < 4.78 is 12.7. The van der Waals surface area contributed by atoms with Crippen molar-refractivity contribution in [1.82, 2.24) is 5.01 Å². The third-order valence-electron chi connectivity index (χ3n) is 4.44. The first-order valence-corrected chi connectivity index (χ1v) is 9.53. The molecule has 0 saturated heterocycles. The number of ether oxygens (including phenoxy) is 2. The molecule has 1 amide bonds. The van der Waals surface area contributed by atoms with Crippen LogP contribution in [0.4, 0.5) is 0 Å². The molecule has 0 fully saturated rings. The van der Waals surface area contributed by atoms with Crippen molar-refractivity contribution >= 4 is 45.2 Å². The Hall–Kier alpha value is -2.61. The van der Waals surface area contributed by atoms with Crippen molar-refractivity contribution in [2.24, 2.45) is 5.10 Å². The lowest BCUT2D eigenvalue weighted by Gasteiger charge is -2.21. The Morgan fingerprint density at radius 3 is 2.59 bits per heavy atom. The van der Waals surface area contributed by atoms with Gasteiger partial charge in [-0.3, -0.25) is 4.79 Å². The Morgan fingerprint density at radius 1 is 1.11 bits per heavy atom. The van der Waals surface area contributed by atoms with Crippen molar-refractivity contribution in [3.05, 3.63) is 75.4 Å². The Bertz CT molecular complexity index is 1060. The lowest BCUT2D eigenvalue weighted by Crippen LogP contribution is -2.25. The van der Waals surface area contributed by atoms with Crippen molar-refractivity contribution in [2.75, 3.05) is 7.11 Å². The van der Waals surface area contributed by atoms with Gasteiger partial charge in [0.2, 0.25) is 18.0 Å². The quantitative estimate of drug-likeness (QED) is 0.520. The number of halogens is 1. The third-order valence-corrected chi connectivity index (χ3v) is 5.11. The van der Waals surface area contributed by atoms with Gasteiger partial charge in [0.15, 0.2) is 0 Å². The first kappa shape index (κ1) is 17.8. The van der Waals surface area contributed by atoms with Gasteiger partial charge in [0.1, 0.15) is 5.75 Å². The van der Waals surface area contributed by atoms with Gasteiger partial charge in [-0.05, 0) is 58.3 Å². The Balaban J connectivity index is 1.80. The van der Waals surface area contributed by atoms with Crippen LogP contribution >= 0.6 is 22.6 Å². The van der Waals surface area contributed by atoms with E-state index in [0.29, 0.717) is 5.90 Å². The van der Waals surface area contributed by atoms with Crippen LogP contribution in [0.2, 0.25) is 0 Å². The van der Waals surface area contributed by atoms with Crippen molar-refractivity contribution in [1.29, 1.82) is 0 Å². The molecule has 1 heterocycles. The van der Waals surface area contributed by atoms with E-state index >= 15 is 0 Å². The van der Waals surface area contributed by atoms with Gasteiger partial charge in [-0.15, -0.1) is 5.10 Å². The molecule has 0 spiro atoms. The molecule has 5 nitrogen and oxygen atoms in total. The van der Waals surface area contributed by atoms with Gasteiger partial charge in [-0.25, -0.2) is 0 Å². The average Bonchev–Trinajstić information content (AvgIpc) is 3.12. The summed E-state index contributed by atoms with van der Waals surface area (Å²) in [6.07, 6.45) is -0.619. The molecule has 3 aromatic carbocycles. The minimum atomic E-state index is -0.619. The number of carbonyl (C=O) groups excluding carboxylic acids is 1. The fourth-order valence-corrected chi connectivity index (χ4v) is 3.74. The summed E-state index contributed by atoms with van der Waals surface area (Å²) in [5, 5.41) is 7.77. The molecular formula is C21H17IN2O3. The SMILES string of the molecule is COc1ccc([C@@H]2OC(c3cccc(I)c3)=NN2C(C)=O)c2ccccc12. The van der Waals surface area contributed by atoms with Crippen molar-refractivity contribution in [3.63, 3.8) is 0 Å². The van der Waals surface area contributed by atoms with Crippen LogP contribution < -0.4 is 4.74 Å². The van der Waals surface area contributed by atoms with Crippen LogP contribution in [0, 0.1) is 3.57 Å². The predicted molar refractivity (Wildman–Crippen MR) is 113 cm³/mol. The molecule has 0 unspecified atom stereocenters. The first-order valence-electron chi connectivity index (χ1n) is 8.45. The van der Waals surface area contributed by atoms with Crippen LogP contribution in [0.1, 0.15) is 24.3 Å². The largest absolute Gasteiger partial charge is 0.496 e. The molecule has 3 aromatic rings. The van der Waals surface area contributed by atoms with E-state index < -0.39 is 6.23 Å². The van der Waals surface area contributed by atoms with Gasteiger partial charge in [0, 0.05) is 27.0 Å². The van der Waals surface area contributed by atoms with Gasteiger partial charge in [0.05, 0.1) is 7.11 Å². The lowest BCUT2D eigenvalue weighted by molar-refractivity contribution is -0.135. The summed E-state index contributed by atoms with van der Waals surface area (Å²) >= 11 is 2.24. The highest BCUT2D eigenvalue weighted by molar-refractivity contribution is 14.1. The van der Waals surface area contributed by atoms with E-state index in [0.717, 1.165) is 31.2 Å². The van der Waals surface area contributed by atoms with Gasteiger partial charge in [-0.1, -0.05) is 30.3 Å². The van der Waals surface area contributed by atoms with Crippen LogP contribution in [0.3, 0.4) is 0 Å². The summed E-state index contributed by atoms with van der Waals surface area (Å²) in [7, 11) is 1.65. The summed E-state index contributed by atoms with van der Waals surface area (Å²) in [4.78, 5) is 12.2. The number of hydrazone groups is 1. The molecule has 0 N–H and O–H groups in total. The maximum Gasteiger partial charge on any atom is 0.243 e. The summed E-state index contributed by atoms with van der Waals surface area (Å²) in [5.74, 6) is 1.04. The summed E-state index contributed by atoms with van der Waals surface area (Å²) in [6.45, 7) is 1.49. The molecular weight excluding hydrogens is 455 g/mol. The van der Waals surface area contributed by atoms with Gasteiger partial charge in [-0.2, -0.15) is 5.01 Å². The van der Waals surface area contributed by atoms with Gasteiger partial charge in [0.25, 0.3) is 0 Å². The number of hydrogen-bond donors (Lipinski definition) is 0. The molecule has 6 heteroatoms. The highest BCUT2D eigenvalue weighted by Gasteiger charge is 2.34. The zero-order valence-electron chi connectivity index (χ0n) is 14.8. The van der Waals surface area contributed by atoms with Crippen molar-refractivity contribution < 1.29 is 14.3 Å². The van der Waals surface area contributed by atoms with Gasteiger partial charge >= 0.3 is 0 Å². The number of amides is 1. The molecule has 0 aliphatic carbocycles. The molecule has 0 saturated carbocycles. The molecule has 0 aromatic heterocycles. The van der Waals surface area contributed by atoms with Crippen LogP contribution in [0.25, 0.3) is 10.8 Å². The number of fused-ring (bicyclic) bond motifs is 1. The molecule has 0 radical (unpaired) electrons. The number of carbonyl (C=O) groups is 1. The third kappa shape index (κ3) is 3.25. The number of nitrogens with zero attached hydrogens (tertiary/aromatic N) is 2. The van der Waals surface area contributed by atoms with E-state index in [1.165, 1.54) is 11.9 Å². The number of rotatable bonds is 3. The zero-order chi connectivity index (χ0) is 19.0. The fraction of sp³-hybridized carbons (Fsp3) is 0.143. The molecule has 4 rings (SSSR count). The molecule has 1 atom stereocenters. The van der Waals surface area contributed by atoms with Crippen molar-refractivity contribution in [2.45, 2.75) is 13.2 Å². The van der Waals surface area contributed by atoms with E-state index in [4.69, 9.17) is 9.47 Å². The summed E-state index contributed by atoms with van der Waals surface area (Å²) in [6, 6.07) is 19.6. The minimum Gasteiger partial charge on any atom is -0.496 e. The van der Waals surface area contributed by atoms with Crippen molar-refractivity contribution in [3.8, 4) is 5.75 Å². The number of benzene rings is 3. The predicted octanol–water partition coefficient (Wildman–Crippen LogP) is 4.69. The second kappa shape index (κ2) is 7.19. The van der Waals surface area contributed by atoms with Crippen LogP contribution in [0.15, 0.2) is 65.8 Å². The maximum atomic E-state index is 12.2.